The molecular formula is C7H15NO. The van der Waals surface area contributed by atoms with Crippen molar-refractivity contribution in [2.45, 2.75) is 18.9 Å². The first-order valence-electron chi connectivity index (χ1n) is 3.41. The van der Waals surface area contributed by atoms with E-state index in [-0.39, 0.29) is 5.60 Å². The lowest BCUT2D eigenvalue weighted by Crippen LogP contribution is -2.19. The van der Waals surface area contributed by atoms with Gasteiger partial charge in [-0.15, -0.1) is 0 Å². The largest absolute Gasteiger partial charge is 0.370 e. The van der Waals surface area contributed by atoms with E-state index in [4.69, 9.17) is 4.74 Å². The molecule has 2 nitrogen and oxygen atoms in total. The molecule has 0 saturated carbocycles. The molecule has 0 radical (unpaired) electrons. The highest BCUT2D eigenvalue weighted by Gasteiger charge is 2.38. The highest BCUT2D eigenvalue weighted by atomic mass is 16.6. The minimum absolute atomic E-state index is 0.240. The summed E-state index contributed by atoms with van der Waals surface area (Å²) in [5.41, 5.74) is 0.240. The van der Waals surface area contributed by atoms with Crippen molar-refractivity contribution in [1.82, 2.24) is 4.90 Å². The van der Waals surface area contributed by atoms with Gasteiger partial charge in [-0.3, -0.25) is 0 Å². The van der Waals surface area contributed by atoms with Crippen LogP contribution in [0.3, 0.4) is 0 Å². The average molecular weight is 129 g/mol. The Balaban J connectivity index is 2.05. The zero-order valence-corrected chi connectivity index (χ0v) is 6.48. The Hall–Kier alpha value is -0.0800. The summed E-state index contributed by atoms with van der Waals surface area (Å²) in [6.07, 6.45) is 1.17. The van der Waals surface area contributed by atoms with Gasteiger partial charge in [-0.1, -0.05) is 0 Å². The minimum Gasteiger partial charge on any atom is -0.370 e. The van der Waals surface area contributed by atoms with Gasteiger partial charge in [-0.25, -0.2) is 0 Å². The second-order valence-corrected chi connectivity index (χ2v) is 3.29. The van der Waals surface area contributed by atoms with E-state index in [1.807, 2.05) is 0 Å². The van der Waals surface area contributed by atoms with Crippen molar-refractivity contribution in [2.24, 2.45) is 0 Å². The van der Waals surface area contributed by atoms with Gasteiger partial charge in [0.25, 0.3) is 0 Å². The SMILES string of the molecule is CN(C)CCC1(C)CO1. The van der Waals surface area contributed by atoms with Gasteiger partial charge in [-0.2, -0.15) is 0 Å². The average Bonchev–Trinajstić information content (AvgIpc) is 2.45. The number of ether oxygens (including phenoxy) is 1. The summed E-state index contributed by atoms with van der Waals surface area (Å²) in [5, 5.41) is 0. The lowest BCUT2D eigenvalue weighted by Gasteiger charge is -2.10. The van der Waals surface area contributed by atoms with Crippen molar-refractivity contribution < 1.29 is 4.74 Å². The molecule has 0 aliphatic carbocycles. The lowest BCUT2D eigenvalue weighted by atomic mass is 10.1. The number of nitrogens with zero attached hydrogens (tertiary/aromatic N) is 1. The molecule has 1 saturated heterocycles. The molecule has 1 rings (SSSR count). The third-order valence-corrected chi connectivity index (χ3v) is 1.72. The van der Waals surface area contributed by atoms with E-state index in [9.17, 15) is 0 Å². The van der Waals surface area contributed by atoms with E-state index in [0.29, 0.717) is 0 Å². The maximum absolute atomic E-state index is 5.22. The van der Waals surface area contributed by atoms with E-state index in [2.05, 4.69) is 25.9 Å². The van der Waals surface area contributed by atoms with Gasteiger partial charge in [0.1, 0.15) is 0 Å². The summed E-state index contributed by atoms with van der Waals surface area (Å²) in [6, 6.07) is 0. The van der Waals surface area contributed by atoms with E-state index >= 15 is 0 Å². The number of hydrogen-bond acceptors (Lipinski definition) is 2. The molecule has 1 aliphatic rings. The first-order valence-corrected chi connectivity index (χ1v) is 3.41. The normalized spacial score (nSPS) is 33.3. The monoisotopic (exact) mass is 129 g/mol. The zero-order valence-electron chi connectivity index (χ0n) is 6.48. The summed E-state index contributed by atoms with van der Waals surface area (Å²) in [5.74, 6) is 0. The van der Waals surface area contributed by atoms with Crippen LogP contribution < -0.4 is 0 Å². The Labute approximate surface area is 56.8 Å². The van der Waals surface area contributed by atoms with Gasteiger partial charge >= 0.3 is 0 Å². The second kappa shape index (κ2) is 2.27. The molecule has 54 valence electrons. The molecule has 0 amide bonds. The molecule has 1 fully saturated rings. The molecular weight excluding hydrogens is 114 g/mol. The van der Waals surface area contributed by atoms with Crippen molar-refractivity contribution in [3.8, 4) is 0 Å². The summed E-state index contributed by atoms with van der Waals surface area (Å²) >= 11 is 0. The van der Waals surface area contributed by atoms with Crippen LogP contribution in [0.4, 0.5) is 0 Å². The Morgan fingerprint density at radius 1 is 1.56 bits per heavy atom. The third-order valence-electron chi connectivity index (χ3n) is 1.72. The van der Waals surface area contributed by atoms with E-state index in [0.717, 1.165) is 13.2 Å². The maximum atomic E-state index is 5.22. The first kappa shape index (κ1) is 7.03. The Kier molecular flexibility index (Phi) is 1.78. The van der Waals surface area contributed by atoms with Gasteiger partial charge in [0.15, 0.2) is 0 Å². The standard InChI is InChI=1S/C7H15NO/c1-7(6-9-7)4-5-8(2)3/h4-6H2,1-3H3. The molecule has 1 unspecified atom stereocenters. The summed E-state index contributed by atoms with van der Waals surface area (Å²) in [6.45, 7) is 4.26. The van der Waals surface area contributed by atoms with Gasteiger partial charge in [0.05, 0.1) is 12.2 Å². The van der Waals surface area contributed by atoms with Crippen LogP contribution in [0.15, 0.2) is 0 Å². The van der Waals surface area contributed by atoms with Gasteiger partial charge in [-0.05, 0) is 27.4 Å². The highest BCUT2D eigenvalue weighted by Crippen LogP contribution is 2.29. The first-order chi connectivity index (χ1) is 4.12. The van der Waals surface area contributed by atoms with Crippen molar-refractivity contribution >= 4 is 0 Å². The zero-order chi connectivity index (χ0) is 6.91. The topological polar surface area (TPSA) is 15.8 Å². The number of rotatable bonds is 3. The fourth-order valence-corrected chi connectivity index (χ4v) is 0.728. The summed E-state index contributed by atoms with van der Waals surface area (Å²) in [4.78, 5) is 2.19. The molecule has 0 spiro atoms. The van der Waals surface area contributed by atoms with E-state index < -0.39 is 0 Å². The molecule has 1 heterocycles. The van der Waals surface area contributed by atoms with Crippen LogP contribution in [0.5, 0.6) is 0 Å². The van der Waals surface area contributed by atoms with Crippen LogP contribution in [-0.4, -0.2) is 37.7 Å². The fraction of sp³-hybridized carbons (Fsp3) is 1.00. The van der Waals surface area contributed by atoms with Crippen molar-refractivity contribution in [2.75, 3.05) is 27.2 Å². The molecule has 0 aromatic carbocycles. The molecule has 0 aromatic heterocycles. The minimum atomic E-state index is 0.240. The Bertz CT molecular complexity index is 97.1. The molecule has 0 aromatic rings. The van der Waals surface area contributed by atoms with Crippen molar-refractivity contribution in [1.29, 1.82) is 0 Å². The van der Waals surface area contributed by atoms with Gasteiger partial charge < -0.3 is 9.64 Å². The molecule has 0 bridgehead atoms. The maximum Gasteiger partial charge on any atom is 0.0900 e. The summed E-state index contributed by atoms with van der Waals surface area (Å²) in [7, 11) is 4.18. The smallest absolute Gasteiger partial charge is 0.0900 e. The second-order valence-electron chi connectivity index (χ2n) is 3.29. The van der Waals surface area contributed by atoms with Crippen molar-refractivity contribution in [3.63, 3.8) is 0 Å². The Morgan fingerprint density at radius 2 is 2.11 bits per heavy atom. The van der Waals surface area contributed by atoms with Crippen LogP contribution >= 0.6 is 0 Å². The van der Waals surface area contributed by atoms with Crippen molar-refractivity contribution in [3.05, 3.63) is 0 Å². The van der Waals surface area contributed by atoms with Crippen LogP contribution in [0.2, 0.25) is 0 Å². The Morgan fingerprint density at radius 3 is 2.44 bits per heavy atom. The lowest BCUT2D eigenvalue weighted by molar-refractivity contribution is 0.275. The highest BCUT2D eigenvalue weighted by molar-refractivity contribution is 4.86. The molecule has 0 N–H and O–H groups in total. The predicted octanol–water partition coefficient (Wildman–Crippen LogP) is 0.727. The molecule has 9 heavy (non-hydrogen) atoms. The quantitative estimate of drug-likeness (QED) is 0.522. The predicted molar refractivity (Wildman–Crippen MR) is 37.5 cm³/mol. The van der Waals surface area contributed by atoms with Crippen LogP contribution in [0.25, 0.3) is 0 Å². The van der Waals surface area contributed by atoms with Crippen LogP contribution in [0, 0.1) is 0 Å². The van der Waals surface area contributed by atoms with Gasteiger partial charge in [0, 0.05) is 6.54 Å². The number of hydrogen-bond donors (Lipinski definition) is 0. The van der Waals surface area contributed by atoms with Crippen LogP contribution in [-0.2, 0) is 4.74 Å². The molecule has 2 heteroatoms. The van der Waals surface area contributed by atoms with Gasteiger partial charge in [0.2, 0.25) is 0 Å². The van der Waals surface area contributed by atoms with Crippen LogP contribution in [0.1, 0.15) is 13.3 Å². The molecule has 1 atom stereocenters. The summed E-state index contributed by atoms with van der Waals surface area (Å²) < 4.78 is 5.22. The van der Waals surface area contributed by atoms with E-state index in [1.54, 1.807) is 0 Å². The number of epoxide rings is 1. The fourth-order valence-electron chi connectivity index (χ4n) is 0.728. The molecule has 1 aliphatic heterocycles. The third kappa shape index (κ3) is 2.33. The van der Waals surface area contributed by atoms with E-state index in [1.165, 1.54) is 6.42 Å².